The van der Waals surface area contributed by atoms with E-state index in [2.05, 4.69) is 20.8 Å². The molecule has 0 saturated carbocycles. The molecule has 1 saturated heterocycles. The van der Waals surface area contributed by atoms with Crippen LogP contribution in [0.2, 0.25) is 0 Å². The Kier molecular flexibility index (Phi) is 4.65. The minimum atomic E-state index is -0.489. The van der Waals surface area contributed by atoms with Crippen LogP contribution in [0, 0.1) is 0 Å². The van der Waals surface area contributed by atoms with Crippen LogP contribution in [0.1, 0.15) is 6.92 Å². The number of rotatable bonds is 5. The maximum atomic E-state index is 12.4. The minimum Gasteiger partial charge on any atom is -0.497 e. The van der Waals surface area contributed by atoms with Crippen LogP contribution in [0.4, 0.5) is 4.79 Å². The third-order valence-corrected chi connectivity index (χ3v) is 4.53. The quantitative estimate of drug-likeness (QED) is 0.794. The molecule has 0 aliphatic carbocycles. The van der Waals surface area contributed by atoms with Gasteiger partial charge in [-0.05, 0) is 41.6 Å². The van der Waals surface area contributed by atoms with Crippen molar-refractivity contribution >= 4 is 23.7 Å². The molecule has 3 amide bonds. The molecule has 2 aromatic rings. The summed E-state index contributed by atoms with van der Waals surface area (Å²) in [6.45, 7) is 2.59. The Morgan fingerprint density at radius 2 is 2.12 bits per heavy atom. The van der Waals surface area contributed by atoms with E-state index in [9.17, 15) is 9.59 Å². The third-order valence-electron chi connectivity index (χ3n) is 3.51. The summed E-state index contributed by atoms with van der Waals surface area (Å²) in [5.41, 5.74) is 0.752. The molecule has 0 spiro atoms. The molecule has 0 bridgehead atoms. The highest BCUT2D eigenvalue weighted by molar-refractivity contribution is 8.00. The van der Waals surface area contributed by atoms with Crippen LogP contribution in [0.5, 0.6) is 5.75 Å². The number of methoxy groups -OCH3 is 1. The van der Waals surface area contributed by atoms with Crippen molar-refractivity contribution in [3.63, 3.8) is 0 Å². The largest absolute Gasteiger partial charge is 0.497 e. The predicted molar refractivity (Wildman–Crippen MR) is 86.1 cm³/mol. The van der Waals surface area contributed by atoms with Crippen LogP contribution >= 0.6 is 11.8 Å². The lowest BCUT2D eigenvalue weighted by Crippen LogP contribution is -2.39. The predicted octanol–water partition coefficient (Wildman–Crippen LogP) is 0.703. The summed E-state index contributed by atoms with van der Waals surface area (Å²) in [5, 5.41) is 14.2. The zero-order valence-corrected chi connectivity index (χ0v) is 14.0. The molecule has 126 valence electrons. The van der Waals surface area contributed by atoms with Gasteiger partial charge in [-0.25, -0.2) is 4.79 Å². The number of carbonyl (C=O) groups excluding carboxylic acids is 2. The highest BCUT2D eigenvalue weighted by atomic mass is 32.2. The van der Waals surface area contributed by atoms with Crippen molar-refractivity contribution in [1.82, 2.24) is 30.4 Å². The number of nitrogens with zero attached hydrogens (tertiary/aromatic N) is 5. The fourth-order valence-electron chi connectivity index (χ4n) is 2.25. The second-order valence-corrected chi connectivity index (χ2v) is 6.36. The molecule has 1 fully saturated rings. The van der Waals surface area contributed by atoms with E-state index in [0.29, 0.717) is 18.2 Å². The average Bonchev–Trinajstić information content (AvgIpc) is 3.23. The van der Waals surface area contributed by atoms with Gasteiger partial charge in [-0.1, -0.05) is 11.8 Å². The van der Waals surface area contributed by atoms with E-state index in [1.165, 1.54) is 21.3 Å². The summed E-state index contributed by atoms with van der Waals surface area (Å²) in [5.74, 6) is 0.462. The van der Waals surface area contributed by atoms with Crippen molar-refractivity contribution in [2.75, 3.05) is 20.2 Å². The first kappa shape index (κ1) is 16.2. The monoisotopic (exact) mass is 348 g/mol. The lowest BCUT2D eigenvalue weighted by molar-refractivity contribution is -0.126. The second-order valence-electron chi connectivity index (χ2n) is 5.05. The molecular formula is C14H16N6O3S. The minimum absolute atomic E-state index is 0.265. The Hall–Kier alpha value is -2.62. The highest BCUT2D eigenvalue weighted by Crippen LogP contribution is 2.25. The third kappa shape index (κ3) is 3.18. The van der Waals surface area contributed by atoms with Crippen molar-refractivity contribution < 1.29 is 14.3 Å². The van der Waals surface area contributed by atoms with Crippen LogP contribution in [0.25, 0.3) is 5.69 Å². The Labute approximate surface area is 142 Å². The summed E-state index contributed by atoms with van der Waals surface area (Å²) in [4.78, 5) is 25.2. The van der Waals surface area contributed by atoms with E-state index < -0.39 is 5.25 Å². The number of benzene rings is 1. The Morgan fingerprint density at radius 1 is 1.38 bits per heavy atom. The van der Waals surface area contributed by atoms with Gasteiger partial charge in [0.1, 0.15) is 5.75 Å². The van der Waals surface area contributed by atoms with E-state index >= 15 is 0 Å². The zero-order valence-electron chi connectivity index (χ0n) is 13.2. The molecule has 1 atom stereocenters. The molecule has 1 unspecified atom stereocenters. The number of nitrogens with one attached hydrogen (secondary N) is 1. The molecule has 0 radical (unpaired) electrons. The van der Waals surface area contributed by atoms with Crippen LogP contribution < -0.4 is 10.1 Å². The Balaban J connectivity index is 1.75. The SMILES string of the molecule is COc1ccc(-n2nnnc2SC(C)C(=O)N2CCNC2=O)cc1. The van der Waals surface area contributed by atoms with Crippen molar-refractivity contribution in [2.24, 2.45) is 0 Å². The number of imide groups is 1. The maximum Gasteiger partial charge on any atom is 0.324 e. The smallest absolute Gasteiger partial charge is 0.324 e. The molecule has 10 heteroatoms. The van der Waals surface area contributed by atoms with Gasteiger partial charge in [0.2, 0.25) is 11.1 Å². The number of hydrogen-bond acceptors (Lipinski definition) is 7. The van der Waals surface area contributed by atoms with E-state index in [0.717, 1.165) is 11.4 Å². The highest BCUT2D eigenvalue weighted by Gasteiger charge is 2.31. The molecule has 1 N–H and O–H groups in total. The normalized spacial score (nSPS) is 15.2. The van der Waals surface area contributed by atoms with Gasteiger partial charge in [0, 0.05) is 13.1 Å². The van der Waals surface area contributed by atoms with Crippen LogP contribution in [-0.2, 0) is 4.79 Å². The van der Waals surface area contributed by atoms with Gasteiger partial charge < -0.3 is 10.1 Å². The fraction of sp³-hybridized carbons (Fsp3) is 0.357. The number of ether oxygens (including phenoxy) is 1. The van der Waals surface area contributed by atoms with Gasteiger partial charge in [0.15, 0.2) is 0 Å². The number of urea groups is 1. The van der Waals surface area contributed by atoms with Gasteiger partial charge >= 0.3 is 6.03 Å². The van der Waals surface area contributed by atoms with Crippen molar-refractivity contribution in [3.05, 3.63) is 24.3 Å². The molecule has 24 heavy (non-hydrogen) atoms. The first-order valence-electron chi connectivity index (χ1n) is 7.29. The van der Waals surface area contributed by atoms with E-state index in [-0.39, 0.29) is 11.9 Å². The Bertz CT molecular complexity index is 747. The van der Waals surface area contributed by atoms with Crippen LogP contribution in [-0.4, -0.2) is 62.5 Å². The number of thioether (sulfide) groups is 1. The summed E-state index contributed by atoms with van der Waals surface area (Å²) >= 11 is 1.20. The topological polar surface area (TPSA) is 102 Å². The van der Waals surface area contributed by atoms with E-state index in [1.807, 2.05) is 12.1 Å². The van der Waals surface area contributed by atoms with Crippen molar-refractivity contribution in [3.8, 4) is 11.4 Å². The number of hydrogen-bond donors (Lipinski definition) is 1. The molecule has 1 aliphatic rings. The fourth-order valence-corrected chi connectivity index (χ4v) is 3.12. The van der Waals surface area contributed by atoms with Gasteiger partial charge in [-0.15, -0.1) is 5.10 Å². The Morgan fingerprint density at radius 3 is 2.75 bits per heavy atom. The van der Waals surface area contributed by atoms with E-state index in [1.54, 1.807) is 26.2 Å². The second kappa shape index (κ2) is 6.87. The summed E-state index contributed by atoms with van der Waals surface area (Å²) in [6.07, 6.45) is 0. The molecule has 1 aliphatic heterocycles. The van der Waals surface area contributed by atoms with Crippen LogP contribution in [0.3, 0.4) is 0 Å². The molecule has 2 heterocycles. The summed E-state index contributed by atoms with van der Waals surface area (Å²) in [7, 11) is 1.59. The van der Waals surface area contributed by atoms with E-state index in [4.69, 9.17) is 4.74 Å². The summed E-state index contributed by atoms with van der Waals surface area (Å²) < 4.78 is 6.67. The number of amides is 3. The molecule has 1 aromatic carbocycles. The average molecular weight is 348 g/mol. The standard InChI is InChI=1S/C14H16N6O3S/c1-9(12(21)19-8-7-15-13(19)22)24-14-16-17-18-20(14)10-3-5-11(23-2)6-4-10/h3-6,9H,7-8H2,1-2H3,(H,15,22). The number of tetrazole rings is 1. The first-order chi connectivity index (χ1) is 11.6. The molecule has 3 rings (SSSR count). The van der Waals surface area contributed by atoms with Gasteiger partial charge in [0.05, 0.1) is 18.0 Å². The molecule has 1 aromatic heterocycles. The maximum absolute atomic E-state index is 12.4. The van der Waals surface area contributed by atoms with Crippen molar-refractivity contribution in [2.45, 2.75) is 17.3 Å². The van der Waals surface area contributed by atoms with Crippen LogP contribution in [0.15, 0.2) is 29.4 Å². The van der Waals surface area contributed by atoms with Crippen molar-refractivity contribution in [1.29, 1.82) is 0 Å². The lowest BCUT2D eigenvalue weighted by atomic mass is 10.3. The molecular weight excluding hydrogens is 332 g/mol. The zero-order chi connectivity index (χ0) is 17.1. The first-order valence-corrected chi connectivity index (χ1v) is 8.17. The number of aromatic nitrogens is 4. The van der Waals surface area contributed by atoms with Gasteiger partial charge in [-0.3, -0.25) is 9.69 Å². The summed E-state index contributed by atoms with van der Waals surface area (Å²) in [6, 6.07) is 6.88. The molecule has 9 nitrogen and oxygen atoms in total. The van der Waals surface area contributed by atoms with Gasteiger partial charge in [0.25, 0.3) is 0 Å². The van der Waals surface area contributed by atoms with Gasteiger partial charge in [-0.2, -0.15) is 4.68 Å². The lowest BCUT2D eigenvalue weighted by Gasteiger charge is -2.16. The number of carbonyl (C=O) groups is 2.